The lowest BCUT2D eigenvalue weighted by Gasteiger charge is -2.11. The van der Waals surface area contributed by atoms with Gasteiger partial charge in [0.1, 0.15) is 0 Å². The second-order valence-electron chi connectivity index (χ2n) is 4.75. The second kappa shape index (κ2) is 5.89. The predicted octanol–water partition coefficient (Wildman–Crippen LogP) is 4.73. The number of nitrogens with one attached hydrogen (secondary N) is 1. The average molecular weight is 406 g/mol. The molecule has 0 aliphatic carbocycles. The number of thiazole rings is 1. The van der Waals surface area contributed by atoms with Crippen molar-refractivity contribution in [3.05, 3.63) is 22.2 Å². The van der Waals surface area contributed by atoms with E-state index < -0.39 is 0 Å². The lowest BCUT2D eigenvalue weighted by Crippen LogP contribution is -2.26. The third-order valence-electron chi connectivity index (χ3n) is 2.66. The molecule has 6 heteroatoms. The Bertz CT molecular complexity index is 624. The molecular weight excluding hydrogens is 392 g/mol. The van der Waals surface area contributed by atoms with Crippen LogP contribution in [0.25, 0.3) is 10.2 Å². The van der Waals surface area contributed by atoms with Gasteiger partial charge in [-0.3, -0.25) is 4.79 Å². The predicted molar refractivity (Wildman–Crippen MR) is 88.2 cm³/mol. The van der Waals surface area contributed by atoms with Gasteiger partial charge in [-0.1, -0.05) is 41.1 Å². The summed E-state index contributed by atoms with van der Waals surface area (Å²) in [6, 6.07) is 4.09. The highest BCUT2D eigenvalue weighted by atomic mass is 79.9. The van der Waals surface area contributed by atoms with Crippen molar-refractivity contribution in [3.63, 3.8) is 0 Å². The zero-order valence-corrected chi connectivity index (χ0v) is 14.8. The molecule has 0 bridgehead atoms. The van der Waals surface area contributed by atoms with Gasteiger partial charge in [-0.25, -0.2) is 4.98 Å². The fraction of sp³-hybridized carbons (Fsp3) is 0.385. The van der Waals surface area contributed by atoms with Crippen LogP contribution in [0.4, 0.5) is 5.13 Å². The molecule has 0 aliphatic heterocycles. The number of aryl methyl sites for hydroxylation is 1. The molecule has 1 atom stereocenters. The van der Waals surface area contributed by atoms with E-state index in [4.69, 9.17) is 0 Å². The molecule has 0 spiro atoms. The van der Waals surface area contributed by atoms with Crippen LogP contribution in [-0.4, -0.2) is 15.7 Å². The molecule has 1 amide bonds. The molecule has 102 valence electrons. The van der Waals surface area contributed by atoms with Crippen LogP contribution in [0.5, 0.6) is 0 Å². The lowest BCUT2D eigenvalue weighted by molar-refractivity contribution is -0.116. The number of fused-ring (bicyclic) bond motifs is 1. The number of hydrogen-bond acceptors (Lipinski definition) is 3. The molecule has 2 aromatic rings. The average Bonchev–Trinajstić information content (AvgIpc) is 2.70. The number of rotatable bonds is 3. The number of nitrogens with zero attached hydrogens (tertiary/aromatic N) is 1. The number of hydrogen-bond donors (Lipinski definition) is 1. The van der Waals surface area contributed by atoms with Gasteiger partial charge in [0.15, 0.2) is 5.13 Å². The van der Waals surface area contributed by atoms with Crippen molar-refractivity contribution >= 4 is 64.5 Å². The molecule has 0 aliphatic rings. The Balaban J connectivity index is 2.27. The van der Waals surface area contributed by atoms with Crippen molar-refractivity contribution in [1.82, 2.24) is 4.98 Å². The van der Waals surface area contributed by atoms with Crippen LogP contribution in [0, 0.1) is 12.8 Å². The highest BCUT2D eigenvalue weighted by Gasteiger charge is 2.20. The molecule has 19 heavy (non-hydrogen) atoms. The highest BCUT2D eigenvalue weighted by molar-refractivity contribution is 9.10. The van der Waals surface area contributed by atoms with Crippen LogP contribution in [0.3, 0.4) is 0 Å². The van der Waals surface area contributed by atoms with E-state index in [1.54, 1.807) is 0 Å². The molecule has 1 heterocycles. The minimum absolute atomic E-state index is 0.0538. The van der Waals surface area contributed by atoms with Crippen LogP contribution in [0.1, 0.15) is 19.4 Å². The van der Waals surface area contributed by atoms with Gasteiger partial charge >= 0.3 is 0 Å². The minimum atomic E-state index is -0.204. The quantitative estimate of drug-likeness (QED) is 0.750. The molecule has 0 saturated carbocycles. The number of alkyl halides is 1. The second-order valence-corrected chi connectivity index (χ2v) is 7.62. The first-order valence-electron chi connectivity index (χ1n) is 5.90. The number of carbonyl (C=O) groups excluding carboxylic acids is 1. The molecule has 0 fully saturated rings. The zero-order valence-electron chi connectivity index (χ0n) is 10.8. The first-order chi connectivity index (χ1) is 8.88. The smallest absolute Gasteiger partial charge is 0.240 e. The van der Waals surface area contributed by atoms with Crippen molar-refractivity contribution in [2.24, 2.45) is 5.92 Å². The molecular formula is C13H14Br2N2OS. The van der Waals surface area contributed by atoms with E-state index in [0.717, 1.165) is 14.7 Å². The summed E-state index contributed by atoms with van der Waals surface area (Å²) in [5, 5.41) is 3.50. The Morgan fingerprint density at radius 3 is 2.74 bits per heavy atom. The molecule has 0 radical (unpaired) electrons. The van der Waals surface area contributed by atoms with E-state index in [0.29, 0.717) is 5.13 Å². The van der Waals surface area contributed by atoms with Crippen molar-refractivity contribution < 1.29 is 4.79 Å². The Morgan fingerprint density at radius 1 is 1.42 bits per heavy atom. The van der Waals surface area contributed by atoms with Crippen molar-refractivity contribution in [1.29, 1.82) is 0 Å². The minimum Gasteiger partial charge on any atom is -0.301 e. The summed E-state index contributed by atoms with van der Waals surface area (Å²) in [6.45, 7) is 6.03. The standard InChI is InChI=1S/C13H14Br2N2OS/c1-6(2)10(15)12(18)17-13-16-11-8(14)4-7(3)5-9(11)19-13/h4-6,10H,1-3H3,(H,16,17,18)/t10-/m0/s1. The normalized spacial score (nSPS) is 12.9. The Labute approximate surface area is 133 Å². The van der Waals surface area contributed by atoms with Crippen molar-refractivity contribution in [2.45, 2.75) is 25.6 Å². The van der Waals surface area contributed by atoms with Gasteiger partial charge in [0.25, 0.3) is 0 Å². The van der Waals surface area contributed by atoms with Gasteiger partial charge in [-0.2, -0.15) is 0 Å². The Hall–Kier alpha value is -0.460. The van der Waals surface area contributed by atoms with Crippen LogP contribution in [0.2, 0.25) is 0 Å². The highest BCUT2D eigenvalue weighted by Crippen LogP contribution is 2.32. The lowest BCUT2D eigenvalue weighted by atomic mass is 10.1. The number of amides is 1. The third-order valence-corrected chi connectivity index (χ3v) is 5.65. The molecule has 1 N–H and O–H groups in total. The number of benzene rings is 1. The van der Waals surface area contributed by atoms with Gasteiger partial charge in [0.2, 0.25) is 5.91 Å². The number of aromatic nitrogens is 1. The topological polar surface area (TPSA) is 42.0 Å². The summed E-state index contributed by atoms with van der Waals surface area (Å²) < 4.78 is 2.02. The summed E-state index contributed by atoms with van der Waals surface area (Å²) in [7, 11) is 0. The monoisotopic (exact) mass is 404 g/mol. The largest absolute Gasteiger partial charge is 0.301 e. The first-order valence-corrected chi connectivity index (χ1v) is 8.42. The van der Waals surface area contributed by atoms with Gasteiger partial charge in [-0.05, 0) is 46.5 Å². The first kappa shape index (κ1) is 14.9. The summed E-state index contributed by atoms with van der Waals surface area (Å²) >= 11 is 8.38. The van der Waals surface area contributed by atoms with Crippen LogP contribution in [0.15, 0.2) is 16.6 Å². The van der Waals surface area contributed by atoms with Gasteiger partial charge in [-0.15, -0.1) is 0 Å². The third kappa shape index (κ3) is 3.35. The van der Waals surface area contributed by atoms with Gasteiger partial charge < -0.3 is 5.32 Å². The molecule has 1 aromatic heterocycles. The molecule has 3 nitrogen and oxygen atoms in total. The van der Waals surface area contributed by atoms with Crippen LogP contribution < -0.4 is 5.32 Å². The fourth-order valence-corrected chi connectivity index (χ4v) is 3.55. The molecule has 0 saturated heterocycles. The molecule has 1 aromatic carbocycles. The summed E-state index contributed by atoms with van der Waals surface area (Å²) in [5.74, 6) is 0.185. The van der Waals surface area contributed by atoms with E-state index in [9.17, 15) is 4.79 Å². The van der Waals surface area contributed by atoms with Gasteiger partial charge in [0, 0.05) is 4.47 Å². The molecule has 0 unspecified atom stereocenters. The maximum absolute atomic E-state index is 12.0. The van der Waals surface area contributed by atoms with E-state index in [-0.39, 0.29) is 16.7 Å². The van der Waals surface area contributed by atoms with E-state index >= 15 is 0 Å². The summed E-state index contributed by atoms with van der Waals surface area (Å²) in [4.78, 5) is 16.2. The SMILES string of the molecule is Cc1cc(Br)c2nc(NC(=O)[C@@H](Br)C(C)C)sc2c1. The zero-order chi connectivity index (χ0) is 14.2. The summed E-state index contributed by atoms with van der Waals surface area (Å²) in [6.07, 6.45) is 0. The Morgan fingerprint density at radius 2 is 2.11 bits per heavy atom. The maximum atomic E-state index is 12.0. The summed E-state index contributed by atoms with van der Waals surface area (Å²) in [5.41, 5.74) is 2.06. The van der Waals surface area contributed by atoms with Crippen LogP contribution >= 0.6 is 43.2 Å². The maximum Gasteiger partial charge on any atom is 0.240 e. The van der Waals surface area contributed by atoms with E-state index in [1.807, 2.05) is 26.8 Å². The number of carbonyl (C=O) groups is 1. The van der Waals surface area contributed by atoms with E-state index in [1.165, 1.54) is 16.9 Å². The fourth-order valence-electron chi connectivity index (χ4n) is 1.65. The Kier molecular flexibility index (Phi) is 4.63. The van der Waals surface area contributed by atoms with Gasteiger partial charge in [0.05, 0.1) is 15.0 Å². The number of halogens is 2. The number of anilines is 1. The van der Waals surface area contributed by atoms with Crippen LogP contribution in [-0.2, 0) is 4.79 Å². The van der Waals surface area contributed by atoms with Crippen molar-refractivity contribution in [3.8, 4) is 0 Å². The van der Waals surface area contributed by atoms with E-state index in [2.05, 4.69) is 48.2 Å². The van der Waals surface area contributed by atoms with Crippen molar-refractivity contribution in [2.75, 3.05) is 5.32 Å². The molecule has 2 rings (SSSR count).